The van der Waals surface area contributed by atoms with Crippen LogP contribution in [0.1, 0.15) is 19.4 Å². The highest BCUT2D eigenvalue weighted by Gasteiger charge is 2.21. The number of morpholine rings is 1. The van der Waals surface area contributed by atoms with Gasteiger partial charge in [0, 0.05) is 43.7 Å². The van der Waals surface area contributed by atoms with E-state index in [4.69, 9.17) is 18.9 Å². The van der Waals surface area contributed by atoms with E-state index < -0.39 is 0 Å². The van der Waals surface area contributed by atoms with Crippen LogP contribution in [0.25, 0.3) is 11.3 Å². The lowest BCUT2D eigenvalue weighted by molar-refractivity contribution is 0.0326. The molecule has 7 nitrogen and oxygen atoms in total. The molecule has 1 atom stereocenters. The predicted molar refractivity (Wildman–Crippen MR) is 102 cm³/mol. The Hall–Kier alpha value is -2.25. The lowest BCUT2D eigenvalue weighted by atomic mass is 10.1. The average molecular weight is 373 g/mol. The Morgan fingerprint density at radius 2 is 1.85 bits per heavy atom. The number of hydrogen-bond acceptors (Lipinski definition) is 6. The van der Waals surface area contributed by atoms with Crippen LogP contribution in [-0.4, -0.2) is 67.6 Å². The SMILES string of the molecule is COc1cc2c(cc1-c1cncn1C(C)CN1CCOCC1)OCCCO2. The van der Waals surface area contributed by atoms with Crippen LogP contribution in [0, 0.1) is 0 Å². The quantitative estimate of drug-likeness (QED) is 0.803. The maximum Gasteiger partial charge on any atom is 0.164 e. The van der Waals surface area contributed by atoms with Crippen molar-refractivity contribution in [3.05, 3.63) is 24.7 Å². The second-order valence-electron chi connectivity index (χ2n) is 7.00. The van der Waals surface area contributed by atoms with Crippen molar-refractivity contribution in [1.82, 2.24) is 14.5 Å². The van der Waals surface area contributed by atoms with Gasteiger partial charge in [-0.3, -0.25) is 4.90 Å². The lowest BCUT2D eigenvalue weighted by Gasteiger charge is -2.30. The van der Waals surface area contributed by atoms with Gasteiger partial charge >= 0.3 is 0 Å². The van der Waals surface area contributed by atoms with Gasteiger partial charge in [0.2, 0.25) is 0 Å². The topological polar surface area (TPSA) is 58.0 Å². The molecule has 1 fully saturated rings. The van der Waals surface area contributed by atoms with Crippen LogP contribution in [0.2, 0.25) is 0 Å². The molecule has 7 heteroatoms. The first-order valence-corrected chi connectivity index (χ1v) is 9.56. The van der Waals surface area contributed by atoms with E-state index in [1.54, 1.807) is 7.11 Å². The molecule has 0 N–H and O–H groups in total. The van der Waals surface area contributed by atoms with Crippen molar-refractivity contribution in [3.8, 4) is 28.5 Å². The predicted octanol–water partition coefficient (Wildman–Crippen LogP) is 2.61. The van der Waals surface area contributed by atoms with Gasteiger partial charge in [0.15, 0.2) is 11.5 Å². The van der Waals surface area contributed by atoms with E-state index >= 15 is 0 Å². The van der Waals surface area contributed by atoms with Crippen LogP contribution < -0.4 is 14.2 Å². The Bertz CT molecular complexity index is 771. The fourth-order valence-electron chi connectivity index (χ4n) is 3.67. The fourth-order valence-corrected chi connectivity index (χ4v) is 3.67. The summed E-state index contributed by atoms with van der Waals surface area (Å²) in [6, 6.07) is 4.20. The number of methoxy groups -OCH3 is 1. The summed E-state index contributed by atoms with van der Waals surface area (Å²) < 4.78 is 25.0. The van der Waals surface area contributed by atoms with E-state index in [0.717, 1.165) is 67.8 Å². The monoisotopic (exact) mass is 373 g/mol. The van der Waals surface area contributed by atoms with Crippen molar-refractivity contribution in [2.45, 2.75) is 19.4 Å². The number of nitrogens with zero attached hydrogens (tertiary/aromatic N) is 3. The highest BCUT2D eigenvalue weighted by atomic mass is 16.5. The first-order chi connectivity index (χ1) is 13.3. The minimum atomic E-state index is 0.279. The van der Waals surface area contributed by atoms with Crippen molar-refractivity contribution >= 4 is 0 Å². The Morgan fingerprint density at radius 1 is 1.11 bits per heavy atom. The second kappa shape index (κ2) is 8.19. The third-order valence-electron chi connectivity index (χ3n) is 5.11. The van der Waals surface area contributed by atoms with E-state index in [0.29, 0.717) is 13.2 Å². The minimum Gasteiger partial charge on any atom is -0.496 e. The molecule has 0 amide bonds. The Labute approximate surface area is 159 Å². The normalized spacial score (nSPS) is 18.7. The first kappa shape index (κ1) is 18.1. The van der Waals surface area contributed by atoms with E-state index in [9.17, 15) is 0 Å². The number of aromatic nitrogens is 2. The van der Waals surface area contributed by atoms with Crippen LogP contribution in [0.15, 0.2) is 24.7 Å². The molecule has 2 aliphatic heterocycles. The summed E-state index contributed by atoms with van der Waals surface area (Å²) in [5, 5.41) is 0. The van der Waals surface area contributed by atoms with Gasteiger partial charge in [0.25, 0.3) is 0 Å². The number of fused-ring (bicyclic) bond motifs is 1. The van der Waals surface area contributed by atoms with Crippen LogP contribution in [-0.2, 0) is 4.74 Å². The van der Waals surface area contributed by atoms with Gasteiger partial charge in [-0.1, -0.05) is 0 Å². The van der Waals surface area contributed by atoms with Crippen LogP contribution in [0.4, 0.5) is 0 Å². The molecule has 3 heterocycles. The van der Waals surface area contributed by atoms with Crippen molar-refractivity contribution in [3.63, 3.8) is 0 Å². The van der Waals surface area contributed by atoms with Crippen LogP contribution >= 0.6 is 0 Å². The van der Waals surface area contributed by atoms with E-state index in [2.05, 4.69) is 21.4 Å². The van der Waals surface area contributed by atoms with Crippen molar-refractivity contribution in [1.29, 1.82) is 0 Å². The number of ether oxygens (including phenoxy) is 4. The summed E-state index contributed by atoms with van der Waals surface area (Å²) in [5.41, 5.74) is 1.98. The van der Waals surface area contributed by atoms with Gasteiger partial charge < -0.3 is 23.5 Å². The molecule has 0 radical (unpaired) electrons. The highest BCUT2D eigenvalue weighted by molar-refractivity contribution is 5.72. The summed E-state index contributed by atoms with van der Waals surface area (Å²) in [7, 11) is 1.68. The number of benzene rings is 1. The van der Waals surface area contributed by atoms with Gasteiger partial charge in [0.1, 0.15) is 5.75 Å². The molecular weight excluding hydrogens is 346 g/mol. The zero-order chi connectivity index (χ0) is 18.6. The smallest absolute Gasteiger partial charge is 0.164 e. The summed E-state index contributed by atoms with van der Waals surface area (Å²) in [6.45, 7) is 8.05. The van der Waals surface area contributed by atoms with Gasteiger partial charge in [-0.05, 0) is 13.0 Å². The summed E-state index contributed by atoms with van der Waals surface area (Å²) in [5.74, 6) is 2.26. The lowest BCUT2D eigenvalue weighted by Crippen LogP contribution is -2.39. The number of rotatable bonds is 5. The van der Waals surface area contributed by atoms with Gasteiger partial charge in [-0.15, -0.1) is 0 Å². The van der Waals surface area contributed by atoms with Crippen LogP contribution in [0.5, 0.6) is 17.2 Å². The molecule has 2 aromatic rings. The third-order valence-corrected chi connectivity index (χ3v) is 5.11. The highest BCUT2D eigenvalue weighted by Crippen LogP contribution is 2.41. The van der Waals surface area contributed by atoms with E-state index in [-0.39, 0.29) is 6.04 Å². The fraction of sp³-hybridized carbons (Fsp3) is 0.550. The molecule has 1 saturated heterocycles. The Kier molecular flexibility index (Phi) is 5.50. The zero-order valence-electron chi connectivity index (χ0n) is 16.0. The van der Waals surface area contributed by atoms with Crippen molar-refractivity contribution in [2.75, 3.05) is 53.2 Å². The molecule has 0 bridgehead atoms. The summed E-state index contributed by atoms with van der Waals surface area (Å²) in [4.78, 5) is 6.84. The molecule has 0 aliphatic carbocycles. The largest absolute Gasteiger partial charge is 0.496 e. The molecular formula is C20H27N3O4. The molecule has 0 spiro atoms. The minimum absolute atomic E-state index is 0.279. The summed E-state index contributed by atoms with van der Waals surface area (Å²) in [6.07, 6.45) is 4.65. The molecule has 1 aromatic heterocycles. The molecule has 0 saturated carbocycles. The van der Waals surface area contributed by atoms with E-state index in [1.165, 1.54) is 0 Å². The van der Waals surface area contributed by atoms with E-state index in [1.807, 2.05) is 24.7 Å². The van der Waals surface area contributed by atoms with Gasteiger partial charge in [-0.25, -0.2) is 4.98 Å². The Morgan fingerprint density at radius 3 is 2.59 bits per heavy atom. The maximum absolute atomic E-state index is 5.88. The van der Waals surface area contributed by atoms with Gasteiger partial charge in [-0.2, -0.15) is 0 Å². The van der Waals surface area contributed by atoms with Crippen molar-refractivity contribution in [2.24, 2.45) is 0 Å². The standard InChI is InChI=1S/C20H27N3O4/c1-15(13-22-4-8-25-9-5-22)23-14-21-12-17(23)16-10-19-20(11-18(16)24-2)27-7-3-6-26-19/h10-12,14-15H,3-9,13H2,1-2H3. The zero-order valence-corrected chi connectivity index (χ0v) is 16.0. The Balaban J connectivity index is 1.64. The molecule has 1 unspecified atom stereocenters. The third kappa shape index (κ3) is 3.89. The van der Waals surface area contributed by atoms with Crippen molar-refractivity contribution < 1.29 is 18.9 Å². The molecule has 4 rings (SSSR count). The summed E-state index contributed by atoms with van der Waals surface area (Å²) >= 11 is 0. The number of imidazole rings is 1. The number of hydrogen-bond donors (Lipinski definition) is 0. The average Bonchev–Trinajstić information content (AvgIpc) is 3.07. The molecule has 1 aromatic carbocycles. The van der Waals surface area contributed by atoms with Gasteiger partial charge in [0.05, 0.1) is 51.8 Å². The maximum atomic E-state index is 5.88. The second-order valence-corrected chi connectivity index (χ2v) is 7.00. The molecule has 146 valence electrons. The van der Waals surface area contributed by atoms with Crippen LogP contribution in [0.3, 0.4) is 0 Å². The molecule has 27 heavy (non-hydrogen) atoms. The molecule has 2 aliphatic rings. The first-order valence-electron chi connectivity index (χ1n) is 9.56.